The van der Waals surface area contributed by atoms with E-state index in [1.807, 2.05) is 23.6 Å². The van der Waals surface area contributed by atoms with Crippen LogP contribution in [0, 0.1) is 0 Å². The predicted octanol–water partition coefficient (Wildman–Crippen LogP) is 10.5. The number of nitrogens with zero attached hydrogens (tertiary/aromatic N) is 1. The van der Waals surface area contributed by atoms with Crippen molar-refractivity contribution < 1.29 is 0 Å². The second kappa shape index (κ2) is 8.34. The lowest BCUT2D eigenvalue weighted by Gasteiger charge is -2.34. The van der Waals surface area contributed by atoms with E-state index in [0.717, 1.165) is 19.8 Å². The quantitative estimate of drug-likeness (QED) is 0.185. The number of rotatable bonds is 2. The maximum atomic E-state index is 4.75. The molecule has 4 heteroatoms. The van der Waals surface area contributed by atoms with Crippen molar-refractivity contribution in [3.63, 3.8) is 0 Å². The lowest BCUT2D eigenvalue weighted by Crippen LogP contribution is -2.28. The molecule has 7 aromatic rings. The maximum absolute atomic E-state index is 4.75. The fourth-order valence-electron chi connectivity index (χ4n) is 6.38. The van der Waals surface area contributed by atoms with Crippen LogP contribution in [0.15, 0.2) is 124 Å². The second-order valence-corrected chi connectivity index (χ2v) is 12.6. The van der Waals surface area contributed by atoms with Crippen LogP contribution in [0.25, 0.3) is 42.2 Å². The van der Waals surface area contributed by atoms with E-state index in [0.29, 0.717) is 0 Å². The molecule has 2 heterocycles. The molecule has 0 amide bonds. The Balaban J connectivity index is 1.61. The smallest absolute Gasteiger partial charge is 0.0715 e. The Morgan fingerprint density at radius 1 is 0.684 bits per heavy atom. The topological polar surface area (TPSA) is 12.9 Å². The number of aromatic nitrogens is 1. The summed E-state index contributed by atoms with van der Waals surface area (Å²) in [6.07, 6.45) is 1.88. The number of benzene rings is 5. The van der Waals surface area contributed by atoms with E-state index >= 15 is 0 Å². The Kier molecular flexibility index (Phi) is 4.97. The zero-order valence-electron chi connectivity index (χ0n) is 20.1. The molecule has 1 atom stereocenters. The highest BCUT2D eigenvalue weighted by Crippen LogP contribution is 2.60. The Morgan fingerprint density at radius 2 is 1.53 bits per heavy atom. The summed E-state index contributed by atoms with van der Waals surface area (Å²) in [6.45, 7) is 0. The van der Waals surface area contributed by atoms with E-state index in [2.05, 4.69) is 135 Å². The van der Waals surface area contributed by atoms with Crippen molar-refractivity contribution in [1.29, 1.82) is 0 Å². The van der Waals surface area contributed by atoms with Gasteiger partial charge in [0.15, 0.2) is 0 Å². The summed E-state index contributed by atoms with van der Waals surface area (Å²) in [6, 6.07) is 39.8. The number of fused-ring (bicyclic) bond motifs is 8. The van der Waals surface area contributed by atoms with Gasteiger partial charge in [-0.25, -0.2) is 0 Å². The van der Waals surface area contributed by atoms with E-state index in [4.69, 9.17) is 4.98 Å². The van der Waals surface area contributed by atoms with Crippen molar-refractivity contribution in [3.8, 4) is 11.1 Å². The molecule has 0 saturated carbocycles. The number of thiophene rings is 1. The van der Waals surface area contributed by atoms with Crippen molar-refractivity contribution in [2.75, 3.05) is 0 Å². The predicted molar refractivity (Wildman–Crippen MR) is 167 cm³/mol. The van der Waals surface area contributed by atoms with Gasteiger partial charge in [-0.05, 0) is 64.2 Å². The Morgan fingerprint density at radius 3 is 2.42 bits per heavy atom. The molecule has 0 spiro atoms. The standard InChI is InChI=1S/C34H19Br2NS/c35-23-14-15-24-26(18-23)34(21-8-2-1-3-9-21,22-13-12-20-7-6-16-37-29(20)17-22)27-19-28(36)32-25-10-4-5-11-30(25)38-33(32)31(24)27/h1-19H. The van der Waals surface area contributed by atoms with Crippen molar-refractivity contribution in [1.82, 2.24) is 4.98 Å². The van der Waals surface area contributed by atoms with E-state index in [1.54, 1.807) is 0 Å². The SMILES string of the molecule is Brc1ccc2c(c1)C(c1ccccc1)(c1ccc3cccnc3c1)c1cc(Br)c3c(sc4ccccc43)c1-2. The molecule has 0 saturated heterocycles. The van der Waals surface area contributed by atoms with Crippen molar-refractivity contribution in [2.24, 2.45) is 0 Å². The molecule has 1 aliphatic carbocycles. The van der Waals surface area contributed by atoms with Crippen LogP contribution < -0.4 is 0 Å². The molecule has 0 radical (unpaired) electrons. The number of pyridine rings is 1. The molecule has 0 bridgehead atoms. The molecule has 1 unspecified atom stereocenters. The number of hydrogen-bond donors (Lipinski definition) is 0. The molecule has 0 N–H and O–H groups in total. The Bertz CT molecular complexity index is 2060. The van der Waals surface area contributed by atoms with Gasteiger partial charge >= 0.3 is 0 Å². The number of hydrogen-bond acceptors (Lipinski definition) is 2. The van der Waals surface area contributed by atoms with Gasteiger partial charge < -0.3 is 0 Å². The molecule has 5 aromatic carbocycles. The molecule has 0 fully saturated rings. The lowest BCUT2D eigenvalue weighted by molar-refractivity contribution is 0.769. The van der Waals surface area contributed by atoms with Gasteiger partial charge in [-0.15, -0.1) is 11.3 Å². The summed E-state index contributed by atoms with van der Waals surface area (Å²) < 4.78 is 4.85. The average molecular weight is 633 g/mol. The Labute approximate surface area is 241 Å². The van der Waals surface area contributed by atoms with Crippen LogP contribution in [0.3, 0.4) is 0 Å². The van der Waals surface area contributed by atoms with Gasteiger partial charge in [0.1, 0.15) is 0 Å². The summed E-state index contributed by atoms with van der Waals surface area (Å²) in [5, 5.41) is 3.74. The summed E-state index contributed by atoms with van der Waals surface area (Å²) in [5.41, 5.74) is 8.20. The van der Waals surface area contributed by atoms with Crippen molar-refractivity contribution in [2.45, 2.75) is 5.41 Å². The normalized spacial score (nSPS) is 16.3. The van der Waals surface area contributed by atoms with Gasteiger partial charge in [-0.1, -0.05) is 105 Å². The number of halogens is 2. The first-order valence-electron chi connectivity index (χ1n) is 12.5. The van der Waals surface area contributed by atoms with Gasteiger partial charge in [0.25, 0.3) is 0 Å². The molecule has 2 aromatic heterocycles. The summed E-state index contributed by atoms with van der Waals surface area (Å²) in [4.78, 5) is 4.75. The first-order chi connectivity index (χ1) is 18.7. The minimum absolute atomic E-state index is 0.492. The monoisotopic (exact) mass is 631 g/mol. The van der Waals surface area contributed by atoms with Crippen LogP contribution in [0.5, 0.6) is 0 Å². The fourth-order valence-corrected chi connectivity index (χ4v) is 8.81. The van der Waals surface area contributed by atoms with Crippen molar-refractivity contribution >= 4 is 74.3 Å². The highest BCUT2D eigenvalue weighted by atomic mass is 79.9. The summed E-state index contributed by atoms with van der Waals surface area (Å²) in [5.74, 6) is 0. The molecule has 1 nitrogen and oxygen atoms in total. The third kappa shape index (κ3) is 3.00. The van der Waals surface area contributed by atoms with Gasteiger partial charge in [-0.2, -0.15) is 0 Å². The molecule has 38 heavy (non-hydrogen) atoms. The van der Waals surface area contributed by atoms with E-state index in [9.17, 15) is 0 Å². The van der Waals surface area contributed by atoms with E-state index in [1.165, 1.54) is 53.6 Å². The second-order valence-electron chi connectivity index (χ2n) is 9.80. The van der Waals surface area contributed by atoms with Gasteiger partial charge in [0.2, 0.25) is 0 Å². The van der Waals surface area contributed by atoms with Gasteiger partial charge in [0, 0.05) is 46.3 Å². The molecular weight excluding hydrogens is 614 g/mol. The first-order valence-corrected chi connectivity index (χ1v) is 14.9. The minimum atomic E-state index is -0.492. The van der Waals surface area contributed by atoms with Crippen LogP contribution >= 0.6 is 43.2 Å². The zero-order chi connectivity index (χ0) is 25.4. The molecule has 180 valence electrons. The lowest BCUT2D eigenvalue weighted by atomic mass is 9.67. The highest BCUT2D eigenvalue weighted by Gasteiger charge is 2.47. The van der Waals surface area contributed by atoms with E-state index < -0.39 is 5.41 Å². The average Bonchev–Trinajstić information content (AvgIpc) is 3.47. The van der Waals surface area contributed by atoms with Gasteiger partial charge in [0.05, 0.1) is 10.9 Å². The Hall–Kier alpha value is -3.31. The van der Waals surface area contributed by atoms with Crippen LogP contribution in [-0.4, -0.2) is 4.98 Å². The van der Waals surface area contributed by atoms with Gasteiger partial charge in [-0.3, -0.25) is 4.98 Å². The molecular formula is C34H19Br2NS. The first kappa shape index (κ1) is 22.7. The fraction of sp³-hybridized carbons (Fsp3) is 0.0294. The van der Waals surface area contributed by atoms with Crippen LogP contribution in [0.2, 0.25) is 0 Å². The molecule has 1 aliphatic rings. The molecule has 8 rings (SSSR count). The van der Waals surface area contributed by atoms with E-state index in [-0.39, 0.29) is 0 Å². The summed E-state index contributed by atoms with van der Waals surface area (Å²) >= 11 is 9.74. The summed E-state index contributed by atoms with van der Waals surface area (Å²) in [7, 11) is 0. The third-order valence-electron chi connectivity index (χ3n) is 7.91. The highest BCUT2D eigenvalue weighted by molar-refractivity contribution is 9.11. The minimum Gasteiger partial charge on any atom is -0.256 e. The molecule has 0 aliphatic heterocycles. The largest absolute Gasteiger partial charge is 0.256 e. The zero-order valence-corrected chi connectivity index (χ0v) is 24.1. The van der Waals surface area contributed by atoms with Crippen LogP contribution in [0.1, 0.15) is 22.3 Å². The maximum Gasteiger partial charge on any atom is 0.0715 e. The van der Waals surface area contributed by atoms with Crippen molar-refractivity contribution in [3.05, 3.63) is 147 Å². The van der Waals surface area contributed by atoms with Crippen LogP contribution in [-0.2, 0) is 5.41 Å². The van der Waals surface area contributed by atoms with Crippen LogP contribution in [0.4, 0.5) is 0 Å². The third-order valence-corrected chi connectivity index (χ3v) is 10.2.